The summed E-state index contributed by atoms with van der Waals surface area (Å²) >= 11 is 0. The summed E-state index contributed by atoms with van der Waals surface area (Å²) in [5, 5.41) is 5.81. The molecule has 0 saturated heterocycles. The van der Waals surface area contributed by atoms with Gasteiger partial charge >= 0.3 is 12.2 Å². The molecule has 3 amide bonds. The van der Waals surface area contributed by atoms with Gasteiger partial charge in [0.15, 0.2) is 0 Å². The van der Waals surface area contributed by atoms with Crippen molar-refractivity contribution in [2.45, 2.75) is 26.2 Å². The number of hydrogen-bond donors (Lipinski definition) is 2. The lowest BCUT2D eigenvalue weighted by Crippen LogP contribution is -2.46. The van der Waals surface area contributed by atoms with E-state index < -0.39 is 17.6 Å². The number of aromatic nitrogens is 2. The van der Waals surface area contributed by atoms with E-state index in [4.69, 9.17) is 0 Å². The maximum atomic E-state index is 13.4. The second-order valence-electron chi connectivity index (χ2n) is 9.34. The highest BCUT2D eigenvalue weighted by Gasteiger charge is 2.32. The van der Waals surface area contributed by atoms with Crippen LogP contribution < -0.4 is 20.4 Å². The summed E-state index contributed by atoms with van der Waals surface area (Å²) in [7, 11) is 1.62. The average Bonchev–Trinajstić information content (AvgIpc) is 2.95. The number of halogens is 3. The molecule has 0 fully saturated rings. The van der Waals surface area contributed by atoms with Gasteiger partial charge in [-0.05, 0) is 48.4 Å². The molecular formula is C29H25F3N6O2. The number of benzene rings is 3. The van der Waals surface area contributed by atoms with Crippen LogP contribution in [-0.4, -0.2) is 29.0 Å². The van der Waals surface area contributed by atoms with Gasteiger partial charge in [-0.3, -0.25) is 14.6 Å². The monoisotopic (exact) mass is 546 g/mol. The molecule has 0 aliphatic carbocycles. The Labute approximate surface area is 228 Å². The van der Waals surface area contributed by atoms with Crippen molar-refractivity contribution in [3.05, 3.63) is 107 Å². The van der Waals surface area contributed by atoms with E-state index in [0.29, 0.717) is 29.7 Å². The number of carbonyl (C=O) groups excluding carboxylic acids is 2. The number of fused-ring (bicyclic) bond motifs is 1. The second-order valence-corrected chi connectivity index (χ2v) is 9.34. The number of alkyl halides is 3. The van der Waals surface area contributed by atoms with Crippen molar-refractivity contribution in [3.8, 4) is 0 Å². The quantitative estimate of drug-likeness (QED) is 0.299. The van der Waals surface area contributed by atoms with E-state index in [1.54, 1.807) is 31.4 Å². The van der Waals surface area contributed by atoms with Crippen LogP contribution in [0, 0.1) is 6.92 Å². The molecule has 0 radical (unpaired) electrons. The third-order valence-electron chi connectivity index (χ3n) is 6.51. The zero-order valence-electron chi connectivity index (χ0n) is 21.7. The largest absolute Gasteiger partial charge is 0.416 e. The molecule has 5 rings (SSSR count). The van der Waals surface area contributed by atoms with Gasteiger partial charge in [0.1, 0.15) is 5.82 Å². The van der Waals surface area contributed by atoms with Crippen molar-refractivity contribution in [2.75, 3.05) is 27.5 Å². The van der Waals surface area contributed by atoms with Gasteiger partial charge in [-0.25, -0.2) is 9.78 Å². The summed E-state index contributed by atoms with van der Waals surface area (Å²) in [6.45, 7) is 2.55. The first-order valence-corrected chi connectivity index (χ1v) is 12.4. The number of anilines is 4. The summed E-state index contributed by atoms with van der Waals surface area (Å²) in [5.74, 6) is 0.182. The Morgan fingerprint density at radius 2 is 1.80 bits per heavy atom. The van der Waals surface area contributed by atoms with E-state index in [2.05, 4.69) is 20.6 Å². The molecule has 3 aromatic carbocycles. The number of rotatable bonds is 6. The van der Waals surface area contributed by atoms with Gasteiger partial charge in [0.25, 0.3) is 5.91 Å². The molecule has 4 aromatic rings. The van der Waals surface area contributed by atoms with E-state index in [1.165, 1.54) is 21.9 Å². The number of aryl methyl sites for hydroxylation is 1. The summed E-state index contributed by atoms with van der Waals surface area (Å²) in [6, 6.07) is 18.6. The molecule has 0 atom stereocenters. The zero-order chi connectivity index (χ0) is 28.4. The number of urea groups is 1. The Balaban J connectivity index is 1.35. The van der Waals surface area contributed by atoms with E-state index in [9.17, 15) is 22.8 Å². The van der Waals surface area contributed by atoms with Crippen molar-refractivity contribution in [1.82, 2.24) is 9.97 Å². The van der Waals surface area contributed by atoms with Crippen LogP contribution in [-0.2, 0) is 19.3 Å². The van der Waals surface area contributed by atoms with Crippen LogP contribution in [0.5, 0.6) is 0 Å². The van der Waals surface area contributed by atoms with Crippen LogP contribution in [0.3, 0.4) is 0 Å². The zero-order valence-corrected chi connectivity index (χ0v) is 21.7. The SMILES string of the molecule is Cc1ccc(NC(=O)c2cccc(C(F)(F)F)c2)cc1N1Cc2cnc(NCc3ccccc3)nc2N(C)C1=O. The smallest absolute Gasteiger partial charge is 0.350 e. The van der Waals surface area contributed by atoms with Crippen LogP contribution >= 0.6 is 0 Å². The van der Waals surface area contributed by atoms with E-state index in [-0.39, 0.29) is 18.1 Å². The molecule has 1 aliphatic heterocycles. The highest BCUT2D eigenvalue weighted by molar-refractivity contribution is 6.07. The molecule has 2 heterocycles. The molecule has 40 heavy (non-hydrogen) atoms. The Kier molecular flexibility index (Phi) is 7.12. The maximum Gasteiger partial charge on any atom is 0.416 e. The molecular weight excluding hydrogens is 521 g/mol. The van der Waals surface area contributed by atoms with E-state index in [0.717, 1.165) is 28.8 Å². The Morgan fingerprint density at radius 1 is 1.02 bits per heavy atom. The molecule has 11 heteroatoms. The van der Waals surface area contributed by atoms with Gasteiger partial charge in [0, 0.05) is 36.6 Å². The van der Waals surface area contributed by atoms with Crippen LogP contribution in [0.2, 0.25) is 0 Å². The first-order valence-electron chi connectivity index (χ1n) is 12.4. The average molecular weight is 547 g/mol. The fourth-order valence-corrected chi connectivity index (χ4v) is 4.38. The predicted molar refractivity (Wildman–Crippen MR) is 146 cm³/mol. The van der Waals surface area contributed by atoms with Crippen LogP contribution in [0.15, 0.2) is 79.0 Å². The summed E-state index contributed by atoms with van der Waals surface area (Å²) in [4.78, 5) is 38.1. The highest BCUT2D eigenvalue weighted by atomic mass is 19.4. The Bertz CT molecular complexity index is 1580. The maximum absolute atomic E-state index is 13.4. The van der Waals surface area contributed by atoms with Gasteiger partial charge in [0.05, 0.1) is 17.8 Å². The summed E-state index contributed by atoms with van der Waals surface area (Å²) < 4.78 is 39.2. The lowest BCUT2D eigenvalue weighted by Gasteiger charge is -2.35. The van der Waals surface area contributed by atoms with E-state index >= 15 is 0 Å². The second kappa shape index (κ2) is 10.7. The van der Waals surface area contributed by atoms with Crippen molar-refractivity contribution >= 4 is 35.1 Å². The topological polar surface area (TPSA) is 90.5 Å². The molecule has 2 N–H and O–H groups in total. The van der Waals surface area contributed by atoms with Crippen LogP contribution in [0.4, 0.5) is 41.1 Å². The number of hydrogen-bond acceptors (Lipinski definition) is 5. The van der Waals surface area contributed by atoms with Crippen molar-refractivity contribution in [2.24, 2.45) is 0 Å². The first kappa shape index (κ1) is 26.7. The normalized spacial score (nSPS) is 13.2. The minimum Gasteiger partial charge on any atom is -0.350 e. The third-order valence-corrected chi connectivity index (χ3v) is 6.51. The highest BCUT2D eigenvalue weighted by Crippen LogP contribution is 2.34. The molecule has 204 valence electrons. The fourth-order valence-electron chi connectivity index (χ4n) is 4.38. The van der Waals surface area contributed by atoms with Crippen LogP contribution in [0.1, 0.15) is 32.6 Å². The minimum atomic E-state index is -4.56. The molecule has 0 unspecified atom stereocenters. The van der Waals surface area contributed by atoms with Gasteiger partial charge in [-0.1, -0.05) is 42.5 Å². The number of nitrogens with one attached hydrogen (secondary N) is 2. The third kappa shape index (κ3) is 5.58. The molecule has 0 saturated carbocycles. The standard InChI is InChI=1S/C29H25F3N6O2/c1-18-11-12-23(35-26(39)20-9-6-10-22(13-20)29(30,31)32)14-24(18)38-17-21-16-34-27(36-25(21)37(2)28(38)40)33-15-19-7-4-3-5-8-19/h3-14,16H,15,17H2,1-2H3,(H,35,39)(H,33,34,36). The van der Waals surface area contributed by atoms with Crippen molar-refractivity contribution in [3.63, 3.8) is 0 Å². The van der Waals surface area contributed by atoms with Gasteiger partial charge in [0.2, 0.25) is 5.95 Å². The van der Waals surface area contributed by atoms with Crippen LogP contribution in [0.25, 0.3) is 0 Å². The number of nitrogens with zero attached hydrogens (tertiary/aromatic N) is 4. The summed E-state index contributed by atoms with van der Waals surface area (Å²) in [5.41, 5.74) is 2.39. The first-order chi connectivity index (χ1) is 19.1. The Hall–Kier alpha value is -4.93. The summed E-state index contributed by atoms with van der Waals surface area (Å²) in [6.07, 6.45) is -2.90. The van der Waals surface area contributed by atoms with Gasteiger partial charge in [-0.2, -0.15) is 18.2 Å². The van der Waals surface area contributed by atoms with Gasteiger partial charge < -0.3 is 10.6 Å². The molecule has 8 nitrogen and oxygen atoms in total. The van der Waals surface area contributed by atoms with E-state index in [1.807, 2.05) is 37.3 Å². The molecule has 0 spiro atoms. The predicted octanol–water partition coefficient (Wildman–Crippen LogP) is 6.24. The molecule has 1 aliphatic rings. The van der Waals surface area contributed by atoms with Crippen molar-refractivity contribution < 1.29 is 22.8 Å². The molecule has 1 aromatic heterocycles. The van der Waals surface area contributed by atoms with Crippen molar-refractivity contribution in [1.29, 1.82) is 0 Å². The lowest BCUT2D eigenvalue weighted by molar-refractivity contribution is -0.137. The Morgan fingerprint density at radius 3 is 2.55 bits per heavy atom. The van der Waals surface area contributed by atoms with Gasteiger partial charge in [-0.15, -0.1) is 0 Å². The molecule has 0 bridgehead atoms. The lowest BCUT2D eigenvalue weighted by atomic mass is 10.1. The number of amides is 3. The number of carbonyl (C=O) groups is 2. The minimum absolute atomic E-state index is 0.131. The fraction of sp³-hybridized carbons (Fsp3) is 0.172.